The minimum atomic E-state index is -0.236. The second-order valence-corrected chi connectivity index (χ2v) is 14.4. The Bertz CT molecular complexity index is 1280. The number of aromatic nitrogens is 1. The van der Waals surface area contributed by atoms with Crippen LogP contribution in [-0.2, 0) is 23.0 Å². The third kappa shape index (κ3) is 2.70. The first kappa shape index (κ1) is 22.6. The van der Waals surface area contributed by atoms with Crippen molar-refractivity contribution < 1.29 is 9.84 Å². The summed E-state index contributed by atoms with van der Waals surface area (Å²) in [5.74, 6) is 2.14. The minimum absolute atomic E-state index is 0.131. The van der Waals surface area contributed by atoms with Crippen molar-refractivity contribution in [2.24, 2.45) is 29.1 Å². The molecule has 0 saturated heterocycles. The van der Waals surface area contributed by atoms with E-state index >= 15 is 0 Å². The van der Waals surface area contributed by atoms with Crippen LogP contribution in [0, 0.1) is 29.1 Å². The van der Waals surface area contributed by atoms with Gasteiger partial charge in [0.2, 0.25) is 0 Å². The highest BCUT2D eigenvalue weighted by Gasteiger charge is 2.63. The molecule has 3 heteroatoms. The predicted octanol–water partition coefficient (Wildman–Crippen LogP) is 6.95. The first-order valence-corrected chi connectivity index (χ1v) is 14.1. The van der Waals surface area contributed by atoms with Gasteiger partial charge in [0, 0.05) is 27.9 Å². The Balaban J connectivity index is 1.38. The van der Waals surface area contributed by atoms with E-state index in [1.165, 1.54) is 52.6 Å². The molecule has 1 aromatic heterocycles. The van der Waals surface area contributed by atoms with Gasteiger partial charge in [-0.2, -0.15) is 0 Å². The molecule has 4 unspecified atom stereocenters. The van der Waals surface area contributed by atoms with Crippen molar-refractivity contribution in [2.75, 3.05) is 0 Å². The lowest BCUT2D eigenvalue weighted by Gasteiger charge is -2.61. The first-order chi connectivity index (χ1) is 16.4. The maximum atomic E-state index is 10.7. The third-order valence-corrected chi connectivity index (χ3v) is 11.9. The number of aliphatic hydroxyl groups excluding tert-OH is 1. The number of benzene rings is 1. The van der Waals surface area contributed by atoms with Gasteiger partial charge in [-0.15, -0.1) is 0 Å². The average Bonchev–Trinajstić information content (AvgIpc) is 3.39. The maximum Gasteiger partial charge on any atom is 0.0819 e. The van der Waals surface area contributed by atoms with Crippen molar-refractivity contribution in [3.63, 3.8) is 0 Å². The third-order valence-electron chi connectivity index (χ3n) is 11.9. The van der Waals surface area contributed by atoms with Gasteiger partial charge in [0.1, 0.15) is 0 Å². The molecule has 7 atom stereocenters. The number of rotatable bonds is 0. The number of hydrogen-bond donors (Lipinski definition) is 2. The monoisotopic (exact) mass is 473 g/mol. The van der Waals surface area contributed by atoms with Gasteiger partial charge in [-0.1, -0.05) is 20.8 Å². The lowest BCUT2D eigenvalue weighted by Crippen LogP contribution is -2.58. The van der Waals surface area contributed by atoms with E-state index in [0.717, 1.165) is 19.3 Å². The number of H-pyrrole nitrogens is 1. The molecule has 2 aromatic rings. The van der Waals surface area contributed by atoms with Crippen molar-refractivity contribution in [1.29, 1.82) is 0 Å². The van der Waals surface area contributed by atoms with Crippen LogP contribution in [-0.4, -0.2) is 27.4 Å². The summed E-state index contributed by atoms with van der Waals surface area (Å²) in [5.41, 5.74) is 8.90. The van der Waals surface area contributed by atoms with Gasteiger partial charge in [-0.05, 0) is 130 Å². The largest absolute Gasteiger partial charge is 0.393 e. The van der Waals surface area contributed by atoms with Crippen LogP contribution < -0.4 is 0 Å². The zero-order valence-corrected chi connectivity index (χ0v) is 22.7. The number of aliphatic hydroxyl groups is 1. The van der Waals surface area contributed by atoms with Crippen molar-refractivity contribution >= 4 is 16.5 Å². The second-order valence-electron chi connectivity index (χ2n) is 14.4. The van der Waals surface area contributed by atoms with E-state index in [1.54, 1.807) is 5.56 Å². The normalized spacial score (nSPS) is 42.6. The Morgan fingerprint density at radius 2 is 1.77 bits per heavy atom. The molecule has 7 rings (SSSR count). The SMILES string of the molecule is C[C@H]1C(O)CC[C@@]2(C)C1CCC1Cc3c([nH]c4cc5c(cc34)C3=CC(C)(C)OC(C)(C)C3C5)[C@@]12C. The van der Waals surface area contributed by atoms with Crippen molar-refractivity contribution in [1.82, 2.24) is 4.98 Å². The van der Waals surface area contributed by atoms with Crippen molar-refractivity contribution in [2.45, 2.75) is 110 Å². The van der Waals surface area contributed by atoms with Crippen LogP contribution in [0.3, 0.4) is 0 Å². The fourth-order valence-electron chi connectivity index (χ4n) is 10.1. The Morgan fingerprint density at radius 1 is 1.00 bits per heavy atom. The summed E-state index contributed by atoms with van der Waals surface area (Å²) in [4.78, 5) is 4.03. The molecule has 0 amide bonds. The van der Waals surface area contributed by atoms with Crippen LogP contribution in [0.15, 0.2) is 18.2 Å². The smallest absolute Gasteiger partial charge is 0.0819 e. The Hall–Kier alpha value is -1.58. The molecule has 0 spiro atoms. The van der Waals surface area contributed by atoms with Crippen LogP contribution in [0.4, 0.5) is 0 Å². The zero-order valence-electron chi connectivity index (χ0n) is 22.7. The Labute approximate surface area is 210 Å². The predicted molar refractivity (Wildman–Crippen MR) is 142 cm³/mol. The van der Waals surface area contributed by atoms with Crippen LogP contribution in [0.2, 0.25) is 0 Å². The van der Waals surface area contributed by atoms with E-state index in [-0.39, 0.29) is 28.1 Å². The van der Waals surface area contributed by atoms with Crippen molar-refractivity contribution in [3.05, 3.63) is 40.6 Å². The van der Waals surface area contributed by atoms with Crippen LogP contribution >= 0.6 is 0 Å². The molecule has 4 aliphatic carbocycles. The van der Waals surface area contributed by atoms with Crippen LogP contribution in [0.25, 0.3) is 16.5 Å². The van der Waals surface area contributed by atoms with E-state index in [9.17, 15) is 5.11 Å². The molecule has 2 heterocycles. The quantitative estimate of drug-likeness (QED) is 0.435. The first-order valence-electron chi connectivity index (χ1n) is 14.1. The summed E-state index contributed by atoms with van der Waals surface area (Å²) in [6.07, 6.45) is 9.18. The summed E-state index contributed by atoms with van der Waals surface area (Å²) in [6, 6.07) is 5.01. The second kappa shape index (κ2) is 6.64. The molecular formula is C32H43NO2. The number of ether oxygens (including phenoxy) is 1. The molecule has 35 heavy (non-hydrogen) atoms. The van der Waals surface area contributed by atoms with Gasteiger partial charge in [0.15, 0.2) is 0 Å². The average molecular weight is 474 g/mol. The topological polar surface area (TPSA) is 45.2 Å². The summed E-state index contributed by atoms with van der Waals surface area (Å²) in [6.45, 7) is 16.4. The molecular weight excluding hydrogens is 430 g/mol. The fourth-order valence-corrected chi connectivity index (χ4v) is 10.1. The van der Waals surface area contributed by atoms with Crippen LogP contribution in [0.1, 0.15) is 96.5 Å². The molecule has 2 saturated carbocycles. The minimum Gasteiger partial charge on any atom is -0.393 e. The van der Waals surface area contributed by atoms with Gasteiger partial charge in [0.25, 0.3) is 0 Å². The van der Waals surface area contributed by atoms with E-state index < -0.39 is 0 Å². The maximum absolute atomic E-state index is 10.7. The number of hydrogen-bond acceptors (Lipinski definition) is 2. The number of nitrogens with one attached hydrogen (secondary N) is 1. The van der Waals surface area contributed by atoms with E-state index in [4.69, 9.17) is 4.74 Å². The lowest BCUT2D eigenvalue weighted by atomic mass is 9.44. The molecule has 0 radical (unpaired) electrons. The standard InChI is InChI=1S/C32H43NO2/c1-17-24-9-8-19-14-22-21-15-20-18(12-25-23(20)16-29(2,3)35-30(25,4)5)13-26(21)33-28(22)32(19,7)31(24,6)11-10-27(17)34/h13,15-17,19,24-25,27,33-34H,8-12,14H2,1-7H3/t17-,19?,24?,25?,27?,31+,32-/m1/s1. The zero-order chi connectivity index (χ0) is 24.7. The van der Waals surface area contributed by atoms with Crippen LogP contribution in [0.5, 0.6) is 0 Å². The summed E-state index contributed by atoms with van der Waals surface area (Å²) >= 11 is 0. The van der Waals surface area contributed by atoms with E-state index in [1.807, 2.05) is 0 Å². The molecule has 1 aromatic carbocycles. The molecule has 1 aliphatic heterocycles. The molecule has 2 N–H and O–H groups in total. The van der Waals surface area contributed by atoms with Gasteiger partial charge in [-0.25, -0.2) is 0 Å². The Kier molecular flexibility index (Phi) is 4.29. The molecule has 2 fully saturated rings. The number of fused-ring (bicyclic) bond motifs is 10. The summed E-state index contributed by atoms with van der Waals surface area (Å²) in [5, 5.41) is 12.2. The van der Waals surface area contributed by atoms with Crippen molar-refractivity contribution in [3.8, 4) is 0 Å². The van der Waals surface area contributed by atoms with Gasteiger partial charge < -0.3 is 14.8 Å². The van der Waals surface area contributed by atoms with Gasteiger partial charge >= 0.3 is 0 Å². The fraction of sp³-hybridized carbons (Fsp3) is 0.688. The number of aromatic amines is 1. The van der Waals surface area contributed by atoms with Gasteiger partial charge in [-0.3, -0.25) is 0 Å². The molecule has 188 valence electrons. The Morgan fingerprint density at radius 3 is 2.54 bits per heavy atom. The highest BCUT2D eigenvalue weighted by molar-refractivity contribution is 5.92. The van der Waals surface area contributed by atoms with E-state index in [0.29, 0.717) is 23.7 Å². The molecule has 5 aliphatic rings. The highest BCUT2D eigenvalue weighted by atomic mass is 16.5. The summed E-state index contributed by atoms with van der Waals surface area (Å²) in [7, 11) is 0. The molecule has 3 nitrogen and oxygen atoms in total. The van der Waals surface area contributed by atoms with E-state index in [2.05, 4.69) is 71.7 Å². The highest BCUT2D eigenvalue weighted by Crippen LogP contribution is 2.67. The summed E-state index contributed by atoms with van der Waals surface area (Å²) < 4.78 is 6.51. The lowest BCUT2D eigenvalue weighted by molar-refractivity contribution is -0.123. The van der Waals surface area contributed by atoms with Gasteiger partial charge in [0.05, 0.1) is 17.3 Å². The molecule has 0 bridgehead atoms.